The second-order valence-electron chi connectivity index (χ2n) is 3.88. The van der Waals surface area contributed by atoms with Crippen LogP contribution in [-0.2, 0) is 10.0 Å². The molecule has 0 bridgehead atoms. The van der Waals surface area contributed by atoms with E-state index in [1.165, 1.54) is 0 Å². The molecule has 0 atom stereocenters. The third-order valence-electron chi connectivity index (χ3n) is 2.27. The van der Waals surface area contributed by atoms with Gasteiger partial charge in [0.05, 0.1) is 6.61 Å². The molecule has 1 aromatic rings. The third-order valence-corrected chi connectivity index (χ3v) is 5.08. The van der Waals surface area contributed by atoms with E-state index in [2.05, 4.69) is 15.9 Å². The number of nitrogens with zero attached hydrogens (tertiary/aromatic N) is 1. The summed E-state index contributed by atoms with van der Waals surface area (Å²) in [6.07, 6.45) is -4.88. The Morgan fingerprint density at radius 1 is 1.24 bits per heavy atom. The molecule has 21 heavy (non-hydrogen) atoms. The lowest BCUT2D eigenvalue weighted by atomic mass is 10.3. The van der Waals surface area contributed by atoms with Crippen LogP contribution in [0.15, 0.2) is 21.5 Å². The van der Waals surface area contributed by atoms with E-state index in [0.29, 0.717) is 6.07 Å². The van der Waals surface area contributed by atoms with Crippen molar-refractivity contribution in [1.82, 2.24) is 4.31 Å². The molecule has 0 aromatic heterocycles. The maximum atomic E-state index is 13.6. The number of halogens is 6. The molecular formula is C10H9BrF5NO3S. The van der Waals surface area contributed by atoms with Crippen LogP contribution in [0.2, 0.25) is 0 Å². The van der Waals surface area contributed by atoms with Crippen molar-refractivity contribution in [2.24, 2.45) is 0 Å². The van der Waals surface area contributed by atoms with Crippen molar-refractivity contribution in [1.29, 1.82) is 0 Å². The predicted molar refractivity (Wildman–Crippen MR) is 66.0 cm³/mol. The fourth-order valence-corrected chi connectivity index (χ4v) is 4.03. The molecule has 0 saturated heterocycles. The number of sulfonamides is 1. The van der Waals surface area contributed by atoms with Crippen LogP contribution < -0.4 is 0 Å². The van der Waals surface area contributed by atoms with Gasteiger partial charge >= 0.3 is 6.18 Å². The van der Waals surface area contributed by atoms with Gasteiger partial charge in [0.15, 0.2) is 0 Å². The smallest absolute Gasteiger partial charge is 0.395 e. The Labute approximate surface area is 125 Å². The number of aliphatic hydroxyl groups is 1. The van der Waals surface area contributed by atoms with Crippen LogP contribution in [0.1, 0.15) is 0 Å². The maximum absolute atomic E-state index is 13.6. The molecule has 120 valence electrons. The molecule has 0 aliphatic heterocycles. The van der Waals surface area contributed by atoms with Gasteiger partial charge in [0.25, 0.3) is 0 Å². The average Bonchev–Trinajstić information content (AvgIpc) is 2.24. The Morgan fingerprint density at radius 3 is 2.24 bits per heavy atom. The molecule has 0 spiro atoms. The number of hydrogen-bond acceptors (Lipinski definition) is 3. The number of rotatable bonds is 5. The molecule has 1 aromatic carbocycles. The van der Waals surface area contributed by atoms with Crippen LogP contribution in [0, 0.1) is 11.6 Å². The van der Waals surface area contributed by atoms with Crippen molar-refractivity contribution in [3.63, 3.8) is 0 Å². The Hall–Kier alpha value is -0.780. The van der Waals surface area contributed by atoms with E-state index in [0.717, 1.165) is 0 Å². The fraction of sp³-hybridized carbons (Fsp3) is 0.400. The third kappa shape index (κ3) is 4.59. The first-order chi connectivity index (χ1) is 9.49. The van der Waals surface area contributed by atoms with Gasteiger partial charge in [-0.15, -0.1) is 0 Å². The van der Waals surface area contributed by atoms with E-state index in [1.54, 1.807) is 0 Å². The summed E-state index contributed by atoms with van der Waals surface area (Å²) in [7, 11) is -4.91. The summed E-state index contributed by atoms with van der Waals surface area (Å²) in [5, 5.41) is 8.69. The van der Waals surface area contributed by atoms with Gasteiger partial charge in [0.1, 0.15) is 23.1 Å². The van der Waals surface area contributed by atoms with Crippen molar-refractivity contribution in [2.75, 3.05) is 19.7 Å². The number of aliphatic hydroxyl groups excluding tert-OH is 1. The molecule has 0 radical (unpaired) electrons. The first kappa shape index (κ1) is 18.3. The highest BCUT2D eigenvalue weighted by atomic mass is 79.9. The molecule has 1 N–H and O–H groups in total. The van der Waals surface area contributed by atoms with Gasteiger partial charge in [-0.3, -0.25) is 0 Å². The number of alkyl halides is 3. The molecule has 0 fully saturated rings. The van der Waals surface area contributed by atoms with E-state index >= 15 is 0 Å². The lowest BCUT2D eigenvalue weighted by Gasteiger charge is -2.23. The molecule has 0 aliphatic rings. The van der Waals surface area contributed by atoms with Gasteiger partial charge in [0, 0.05) is 17.1 Å². The van der Waals surface area contributed by atoms with E-state index in [4.69, 9.17) is 5.11 Å². The lowest BCUT2D eigenvalue weighted by Crippen LogP contribution is -2.41. The SMILES string of the molecule is O=S(=O)(c1c(F)cc(F)cc1Br)N(CCO)CC(F)(F)F. The Bertz CT molecular complexity index is 597. The average molecular weight is 398 g/mol. The minimum absolute atomic E-state index is 0.131. The van der Waals surface area contributed by atoms with Crippen LogP contribution in [0.5, 0.6) is 0 Å². The minimum atomic E-state index is -4.91. The summed E-state index contributed by atoms with van der Waals surface area (Å²) in [5.74, 6) is -2.63. The lowest BCUT2D eigenvalue weighted by molar-refractivity contribution is -0.136. The normalized spacial score (nSPS) is 13.0. The zero-order chi connectivity index (χ0) is 16.4. The summed E-state index contributed by atoms with van der Waals surface area (Å²) >= 11 is 2.60. The van der Waals surface area contributed by atoms with Crippen LogP contribution in [-0.4, -0.2) is 43.7 Å². The van der Waals surface area contributed by atoms with E-state index in [-0.39, 0.29) is 10.4 Å². The second-order valence-corrected chi connectivity index (χ2v) is 6.61. The Balaban J connectivity index is 3.36. The molecular weight excluding hydrogens is 389 g/mol. The summed E-state index contributed by atoms with van der Waals surface area (Å²) in [5.41, 5.74) is 0. The van der Waals surface area contributed by atoms with Crippen LogP contribution in [0.3, 0.4) is 0 Å². The quantitative estimate of drug-likeness (QED) is 0.775. The van der Waals surface area contributed by atoms with Crippen LogP contribution in [0.25, 0.3) is 0 Å². The molecule has 1 rings (SSSR count). The van der Waals surface area contributed by atoms with Gasteiger partial charge < -0.3 is 5.11 Å². The summed E-state index contributed by atoms with van der Waals surface area (Å²) in [6.45, 7) is -3.68. The van der Waals surface area contributed by atoms with Crippen LogP contribution in [0.4, 0.5) is 22.0 Å². The predicted octanol–water partition coefficient (Wildman–Crippen LogP) is 2.27. The summed E-state index contributed by atoms with van der Waals surface area (Å²) in [4.78, 5) is -1.12. The first-order valence-corrected chi connectivity index (χ1v) is 7.54. The fourth-order valence-electron chi connectivity index (χ4n) is 1.50. The molecule has 0 aliphatic carbocycles. The van der Waals surface area contributed by atoms with E-state index < -0.39 is 56.9 Å². The van der Waals surface area contributed by atoms with Crippen molar-refractivity contribution < 1.29 is 35.5 Å². The largest absolute Gasteiger partial charge is 0.402 e. The van der Waals surface area contributed by atoms with Crippen LogP contribution >= 0.6 is 15.9 Å². The molecule has 11 heteroatoms. The van der Waals surface area contributed by atoms with Crippen molar-refractivity contribution >= 4 is 26.0 Å². The highest BCUT2D eigenvalue weighted by Crippen LogP contribution is 2.30. The summed E-state index contributed by atoms with van der Waals surface area (Å²) < 4.78 is 87.2. The molecule has 0 heterocycles. The standard InChI is InChI=1S/C10H9BrF5NO3S/c11-7-3-6(12)4-8(13)9(7)21(19,20)17(1-2-18)5-10(14,15)16/h3-4,18H,1-2,5H2. The van der Waals surface area contributed by atoms with Gasteiger partial charge in [-0.1, -0.05) is 0 Å². The van der Waals surface area contributed by atoms with Gasteiger partial charge in [-0.05, 0) is 22.0 Å². The second kappa shape index (κ2) is 6.55. The zero-order valence-corrected chi connectivity index (χ0v) is 12.6. The highest BCUT2D eigenvalue weighted by Gasteiger charge is 2.38. The van der Waals surface area contributed by atoms with Crippen molar-refractivity contribution in [3.8, 4) is 0 Å². The highest BCUT2D eigenvalue weighted by molar-refractivity contribution is 9.10. The van der Waals surface area contributed by atoms with Gasteiger partial charge in [-0.2, -0.15) is 17.5 Å². The van der Waals surface area contributed by atoms with E-state index in [1.807, 2.05) is 0 Å². The Morgan fingerprint density at radius 2 is 1.81 bits per heavy atom. The molecule has 4 nitrogen and oxygen atoms in total. The first-order valence-electron chi connectivity index (χ1n) is 5.31. The van der Waals surface area contributed by atoms with Crippen molar-refractivity contribution in [2.45, 2.75) is 11.1 Å². The zero-order valence-electron chi connectivity index (χ0n) is 10.2. The molecule has 0 saturated carbocycles. The maximum Gasteiger partial charge on any atom is 0.402 e. The van der Waals surface area contributed by atoms with E-state index in [9.17, 15) is 30.4 Å². The minimum Gasteiger partial charge on any atom is -0.395 e. The number of benzene rings is 1. The topological polar surface area (TPSA) is 57.6 Å². The van der Waals surface area contributed by atoms with Gasteiger partial charge in [-0.25, -0.2) is 17.2 Å². The molecule has 0 amide bonds. The monoisotopic (exact) mass is 397 g/mol. The summed E-state index contributed by atoms with van der Waals surface area (Å²) in [6, 6.07) is 0.850. The molecule has 0 unspecified atom stereocenters. The van der Waals surface area contributed by atoms with Crippen molar-refractivity contribution in [3.05, 3.63) is 28.2 Å². The Kier molecular flexibility index (Phi) is 5.69. The van der Waals surface area contributed by atoms with Gasteiger partial charge in [0.2, 0.25) is 10.0 Å². The number of hydrogen-bond donors (Lipinski definition) is 1.